The van der Waals surface area contributed by atoms with Crippen LogP contribution in [0.1, 0.15) is 18.3 Å². The van der Waals surface area contributed by atoms with Crippen LogP contribution < -0.4 is 5.73 Å². The fraction of sp³-hybridized carbons (Fsp3) is 0.308. The predicted octanol–water partition coefficient (Wildman–Crippen LogP) is 3.51. The zero-order valence-electron chi connectivity index (χ0n) is 10.5. The maximum atomic E-state index is 6.31. The molecule has 18 heavy (non-hydrogen) atoms. The van der Waals surface area contributed by atoms with Gasteiger partial charge in [-0.25, -0.2) is 0 Å². The van der Waals surface area contributed by atoms with Gasteiger partial charge in [-0.1, -0.05) is 30.7 Å². The highest BCUT2D eigenvalue weighted by Crippen LogP contribution is 2.31. The van der Waals surface area contributed by atoms with Crippen molar-refractivity contribution in [1.82, 2.24) is 9.78 Å². The molecule has 1 aromatic heterocycles. The van der Waals surface area contributed by atoms with Crippen LogP contribution in [0.3, 0.4) is 0 Å². The van der Waals surface area contributed by atoms with Crippen LogP contribution >= 0.6 is 23.4 Å². The van der Waals surface area contributed by atoms with Crippen molar-refractivity contribution >= 4 is 29.1 Å². The van der Waals surface area contributed by atoms with Gasteiger partial charge < -0.3 is 5.73 Å². The van der Waals surface area contributed by atoms with Gasteiger partial charge in [-0.15, -0.1) is 11.8 Å². The van der Waals surface area contributed by atoms with E-state index in [1.807, 2.05) is 36.0 Å². The summed E-state index contributed by atoms with van der Waals surface area (Å²) in [6, 6.07) is 7.85. The second-order valence-electron chi connectivity index (χ2n) is 4.01. The average molecular weight is 282 g/mol. The molecule has 0 aliphatic rings. The van der Waals surface area contributed by atoms with E-state index in [0.29, 0.717) is 0 Å². The lowest BCUT2D eigenvalue weighted by Gasteiger charge is -2.05. The molecule has 1 aromatic carbocycles. The van der Waals surface area contributed by atoms with Crippen molar-refractivity contribution in [1.29, 1.82) is 0 Å². The second kappa shape index (κ2) is 5.67. The van der Waals surface area contributed by atoms with Crippen molar-refractivity contribution in [2.45, 2.75) is 24.0 Å². The van der Waals surface area contributed by atoms with Gasteiger partial charge in [-0.2, -0.15) is 5.10 Å². The summed E-state index contributed by atoms with van der Waals surface area (Å²) in [5, 5.41) is 5.18. The van der Waals surface area contributed by atoms with Crippen molar-refractivity contribution in [2.24, 2.45) is 7.05 Å². The summed E-state index contributed by atoms with van der Waals surface area (Å²) in [5.74, 6) is 0.774. The van der Waals surface area contributed by atoms with Crippen LogP contribution in [0.25, 0.3) is 0 Å². The zero-order valence-corrected chi connectivity index (χ0v) is 12.1. The summed E-state index contributed by atoms with van der Waals surface area (Å²) < 4.78 is 1.85. The van der Waals surface area contributed by atoms with Crippen LogP contribution in [0.15, 0.2) is 29.2 Å². The van der Waals surface area contributed by atoms with E-state index in [-0.39, 0.29) is 0 Å². The Hall–Kier alpha value is -1.13. The third-order valence-electron chi connectivity index (χ3n) is 2.79. The molecule has 3 nitrogen and oxygen atoms in total. The van der Waals surface area contributed by atoms with E-state index in [2.05, 4.69) is 12.0 Å². The van der Waals surface area contributed by atoms with Crippen LogP contribution in [-0.2, 0) is 19.2 Å². The molecule has 0 aliphatic heterocycles. The summed E-state index contributed by atoms with van der Waals surface area (Å²) in [7, 11) is 1.93. The molecule has 0 radical (unpaired) electrons. The molecule has 0 saturated heterocycles. The number of benzene rings is 1. The topological polar surface area (TPSA) is 43.8 Å². The molecule has 0 aliphatic carbocycles. The molecule has 1 heterocycles. The number of thioether (sulfide) groups is 1. The van der Waals surface area contributed by atoms with E-state index < -0.39 is 0 Å². The number of aromatic nitrogens is 2. The molecule has 2 aromatic rings. The van der Waals surface area contributed by atoms with Crippen molar-refractivity contribution in [3.8, 4) is 0 Å². The fourth-order valence-corrected chi connectivity index (χ4v) is 3.21. The number of aryl methyl sites for hydroxylation is 2. The lowest BCUT2D eigenvalue weighted by Crippen LogP contribution is -1.97. The zero-order chi connectivity index (χ0) is 13.1. The van der Waals surface area contributed by atoms with E-state index in [1.165, 1.54) is 0 Å². The highest BCUT2D eigenvalue weighted by molar-refractivity contribution is 7.98. The predicted molar refractivity (Wildman–Crippen MR) is 78.0 cm³/mol. The summed E-state index contributed by atoms with van der Waals surface area (Å²) in [6.45, 7) is 2.06. The van der Waals surface area contributed by atoms with Gasteiger partial charge in [0.15, 0.2) is 0 Å². The van der Waals surface area contributed by atoms with Crippen LogP contribution in [0, 0.1) is 0 Å². The van der Waals surface area contributed by atoms with Gasteiger partial charge >= 0.3 is 0 Å². The Morgan fingerprint density at radius 1 is 1.39 bits per heavy atom. The lowest BCUT2D eigenvalue weighted by atomic mass is 10.3. The molecule has 0 bridgehead atoms. The van der Waals surface area contributed by atoms with Crippen LogP contribution in [-0.4, -0.2) is 9.78 Å². The van der Waals surface area contributed by atoms with Crippen LogP contribution in [0.5, 0.6) is 0 Å². The molecule has 0 atom stereocenters. The number of nitrogens with two attached hydrogens (primary N) is 1. The number of halogens is 1. The first-order valence-corrected chi connectivity index (χ1v) is 7.17. The maximum absolute atomic E-state index is 6.31. The number of para-hydroxylation sites is 1. The minimum atomic E-state index is 0.774. The first-order chi connectivity index (χ1) is 8.63. The van der Waals surface area contributed by atoms with Crippen molar-refractivity contribution < 1.29 is 0 Å². The third kappa shape index (κ3) is 2.65. The Kier molecular flexibility index (Phi) is 4.19. The van der Waals surface area contributed by atoms with Gasteiger partial charge in [0.1, 0.15) is 0 Å². The molecule has 0 saturated carbocycles. The van der Waals surface area contributed by atoms with Crippen molar-refractivity contribution in [2.75, 3.05) is 5.73 Å². The Morgan fingerprint density at radius 2 is 2.11 bits per heavy atom. The standard InChI is InChI=1S/C13H16ClN3S/c1-3-10-13(14)11(17(2)16-10)8-18-12-7-5-4-6-9(12)15/h4-7H,3,8,15H2,1-2H3. The van der Waals surface area contributed by atoms with Crippen molar-refractivity contribution in [3.63, 3.8) is 0 Å². The monoisotopic (exact) mass is 281 g/mol. The van der Waals surface area contributed by atoms with E-state index >= 15 is 0 Å². The second-order valence-corrected chi connectivity index (χ2v) is 5.41. The lowest BCUT2D eigenvalue weighted by molar-refractivity contribution is 0.720. The Labute approximate surface area is 116 Å². The van der Waals surface area contributed by atoms with E-state index in [1.54, 1.807) is 11.8 Å². The largest absolute Gasteiger partial charge is 0.398 e. The molecule has 0 unspecified atom stereocenters. The molecule has 2 N–H and O–H groups in total. The highest BCUT2D eigenvalue weighted by atomic mass is 35.5. The van der Waals surface area contributed by atoms with Gasteiger partial charge in [-0.3, -0.25) is 4.68 Å². The summed E-state index contributed by atoms with van der Waals surface area (Å²) in [6.07, 6.45) is 0.852. The van der Waals surface area contributed by atoms with Crippen molar-refractivity contribution in [3.05, 3.63) is 40.7 Å². The molecule has 96 valence electrons. The van der Waals surface area contributed by atoms with Gasteiger partial charge in [0, 0.05) is 23.4 Å². The molecular weight excluding hydrogens is 266 g/mol. The number of rotatable bonds is 4. The first-order valence-electron chi connectivity index (χ1n) is 5.81. The van der Waals surface area contributed by atoms with Gasteiger partial charge in [-0.05, 0) is 18.6 Å². The van der Waals surface area contributed by atoms with Gasteiger partial charge in [0.05, 0.1) is 16.4 Å². The average Bonchev–Trinajstić information content (AvgIpc) is 2.64. The van der Waals surface area contributed by atoms with E-state index in [9.17, 15) is 0 Å². The Bertz CT molecular complexity index is 551. The molecular formula is C13H16ClN3S. The quantitative estimate of drug-likeness (QED) is 0.689. The fourth-order valence-electron chi connectivity index (χ4n) is 1.73. The Morgan fingerprint density at radius 3 is 2.72 bits per heavy atom. The SMILES string of the molecule is CCc1nn(C)c(CSc2ccccc2N)c1Cl. The smallest absolute Gasteiger partial charge is 0.0858 e. The van der Waals surface area contributed by atoms with E-state index in [0.717, 1.165) is 39.2 Å². The van der Waals surface area contributed by atoms with Crippen LogP contribution in [0.2, 0.25) is 5.02 Å². The normalized spacial score (nSPS) is 10.8. The number of hydrogen-bond acceptors (Lipinski definition) is 3. The molecule has 0 fully saturated rings. The maximum Gasteiger partial charge on any atom is 0.0858 e. The van der Waals surface area contributed by atoms with Gasteiger partial charge in [0.25, 0.3) is 0 Å². The molecule has 0 amide bonds. The van der Waals surface area contributed by atoms with Crippen LogP contribution in [0.4, 0.5) is 5.69 Å². The summed E-state index contributed by atoms with van der Waals surface area (Å²) >= 11 is 7.99. The number of anilines is 1. The van der Waals surface area contributed by atoms with E-state index in [4.69, 9.17) is 17.3 Å². The number of nitrogens with zero attached hydrogens (tertiary/aromatic N) is 2. The third-order valence-corrected chi connectivity index (χ3v) is 4.32. The number of nitrogen functional groups attached to an aromatic ring is 1. The van der Waals surface area contributed by atoms with Gasteiger partial charge in [0.2, 0.25) is 0 Å². The minimum absolute atomic E-state index is 0.774. The summed E-state index contributed by atoms with van der Waals surface area (Å²) in [4.78, 5) is 1.08. The highest BCUT2D eigenvalue weighted by Gasteiger charge is 2.13. The summed E-state index contributed by atoms with van der Waals surface area (Å²) in [5.41, 5.74) is 8.72. The molecule has 0 spiro atoms. The molecule has 2 rings (SSSR count). The minimum Gasteiger partial charge on any atom is -0.398 e. The first kappa shape index (κ1) is 13.3. The number of hydrogen-bond donors (Lipinski definition) is 1. The Balaban J connectivity index is 2.16. The molecule has 5 heteroatoms.